The van der Waals surface area contributed by atoms with Crippen molar-refractivity contribution in [2.45, 2.75) is 13.1 Å². The first-order valence-electron chi connectivity index (χ1n) is 20.1. The summed E-state index contributed by atoms with van der Waals surface area (Å²) in [6, 6.07) is 6.92. The molecule has 1 saturated heterocycles. The Morgan fingerprint density at radius 1 is 0.424 bits per heavy atom. The molecule has 0 atom stereocenters. The number of hydrogen-bond donors (Lipinski definition) is 1. The molecule has 3 nitrogen and oxygen atoms in total. The Kier molecular flexibility index (Phi) is 25.8. The molecule has 1 aromatic carbocycles. The normalized spacial score (nSPS) is 12.7. The van der Waals surface area contributed by atoms with Crippen molar-refractivity contribution in [2.75, 3.05) is 38.1 Å². The third kappa shape index (κ3) is 15.7. The lowest BCUT2D eigenvalue weighted by Crippen LogP contribution is -2.93. The fourth-order valence-electron chi connectivity index (χ4n) is 9.60. The Labute approximate surface area is 398 Å². The van der Waals surface area contributed by atoms with Gasteiger partial charge in [0, 0.05) is 350 Å². The molecule has 3 rings (SSSR count). The molecular weight excluding hydrogens is 663 g/mol. The van der Waals surface area contributed by atoms with Crippen LogP contribution in [0, 0.1) is 0 Å². The summed E-state index contributed by atoms with van der Waals surface area (Å²) in [4.78, 5) is 4.89. The number of benzene rings is 1. The number of anilines is 1. The van der Waals surface area contributed by atoms with Gasteiger partial charge in [-0.15, -0.1) is 0 Å². The highest BCUT2D eigenvalue weighted by Gasteiger charge is 2.58. The number of nitrogens with one attached hydrogen (secondary N) is 1. The molecule has 46 heteroatoms. The molecule has 0 unspecified atom stereocenters. The zero-order valence-corrected chi connectivity index (χ0v) is 34.7. The van der Waals surface area contributed by atoms with E-state index in [-0.39, 0.29) is 0 Å². The van der Waals surface area contributed by atoms with Gasteiger partial charge in [0.1, 0.15) is 0 Å². The van der Waals surface area contributed by atoms with Crippen molar-refractivity contribution in [1.82, 2.24) is 10.2 Å². The third-order valence-corrected chi connectivity index (χ3v) is 12.4. The van der Waals surface area contributed by atoms with E-state index in [9.17, 15) is 0 Å². The molecule has 2 aliphatic rings. The molecule has 0 spiro atoms. The number of piperazine rings is 1. The van der Waals surface area contributed by atoms with Crippen molar-refractivity contribution in [3.05, 3.63) is 29.3 Å². The molecule has 1 aromatic rings. The molecule has 215 valence electrons. The predicted molar refractivity (Wildman–Crippen MR) is 314 cm³/mol. The maximum atomic E-state index is 6.68. The van der Waals surface area contributed by atoms with Crippen LogP contribution in [0.25, 0.3) is 0 Å². The standard InChI is InChI=1S/C13H19N3.B43/c1-15-4-6-16(7-5-15)13-3-2-11-9-14-10-12(11)8-13;1-23-34(22)40(35(24(2)3)25(4)5)43(41(36(26(6)7)27(8)9)37(28(10)11)29(12)13)42(38(30(14)15)31(16)17)39(32(18)19)33(20)21/h2-3,8,14H,4-7,9-10H2,1H3;. The minimum Gasteiger partial charge on any atom is -0.369 e. The van der Waals surface area contributed by atoms with E-state index in [2.05, 4.69) is 40.4 Å². The van der Waals surface area contributed by atoms with Gasteiger partial charge in [-0.05, 0) is 30.3 Å². The van der Waals surface area contributed by atoms with Gasteiger partial charge in [0.05, 0.1) is 0 Å². The number of likely N-dealkylation sites (N-methyl/N-ethyl adjacent to an activating group) is 1. The van der Waals surface area contributed by atoms with E-state index in [1.807, 2.05) is 0 Å². The number of rotatable bonds is 21. The summed E-state index contributed by atoms with van der Waals surface area (Å²) < 4.78 is 0. The Morgan fingerprint density at radius 2 is 0.729 bits per heavy atom. The number of nitrogens with zero attached hydrogens (tertiary/aromatic N) is 2. The van der Waals surface area contributed by atoms with Crippen LogP contribution in [0.15, 0.2) is 18.2 Å². The fourth-order valence-corrected chi connectivity index (χ4v) is 9.60. The minimum absolute atomic E-state index is 1.04. The summed E-state index contributed by atoms with van der Waals surface area (Å²) in [7, 11) is 142. The molecule has 59 heavy (non-hydrogen) atoms. The molecule has 45 radical (unpaired) electrons. The van der Waals surface area contributed by atoms with Crippen molar-refractivity contribution in [2.24, 2.45) is 0 Å². The smallest absolute Gasteiger partial charge is 0.0370 e. The van der Waals surface area contributed by atoms with Gasteiger partial charge in [0.2, 0.25) is 0 Å². The second kappa shape index (κ2) is 26.8. The van der Waals surface area contributed by atoms with Crippen LogP contribution in [0.5, 0.6) is 0 Å². The van der Waals surface area contributed by atoms with Gasteiger partial charge in [-0.25, -0.2) is 0 Å². The van der Waals surface area contributed by atoms with Crippen LogP contribution in [-0.4, -0.2) is 343 Å². The fraction of sp³-hybridized carbons (Fsp3) is 0.538. The summed E-state index contributed by atoms with van der Waals surface area (Å²) in [6.07, 6.45) is -23.1. The highest BCUT2D eigenvalue weighted by Crippen LogP contribution is 2.24. The van der Waals surface area contributed by atoms with Crippen LogP contribution in [0.1, 0.15) is 11.1 Å². The van der Waals surface area contributed by atoms with Crippen LogP contribution in [0.4, 0.5) is 5.69 Å². The molecular formula is C13H19B43N3. The maximum Gasteiger partial charge on any atom is 0.0370 e. The average molecular weight is 682 g/mol. The average Bonchev–Trinajstić information content (AvgIpc) is 3.58. The highest BCUT2D eigenvalue weighted by molar-refractivity contribution is 8.33. The molecule has 0 aliphatic carbocycles. The van der Waals surface area contributed by atoms with E-state index < -0.39 is 128 Å². The van der Waals surface area contributed by atoms with Crippen LogP contribution >= 0.6 is 0 Å². The molecule has 0 aromatic heterocycles. The summed E-state index contributed by atoms with van der Waals surface area (Å²) in [5, 5.41) is 3.40. The molecule has 2 heterocycles. The summed E-state index contributed by atoms with van der Waals surface area (Å²) >= 11 is 0. The molecule has 0 saturated carbocycles. The second-order valence-electron chi connectivity index (χ2n) is 16.6. The summed E-state index contributed by atoms with van der Waals surface area (Å²) in [6.45, 7) is 6.74. The number of fused-ring (bicyclic) bond motifs is 1. The lowest BCUT2D eigenvalue weighted by Gasteiger charge is -2.55. The quantitative estimate of drug-likeness (QED) is 0.130. The Hall–Kier alpha value is 1.73. The van der Waals surface area contributed by atoms with E-state index in [0.29, 0.717) is 0 Å². The Balaban J connectivity index is 0.000000609. The van der Waals surface area contributed by atoms with Crippen LogP contribution < -0.4 is 10.2 Å². The van der Waals surface area contributed by atoms with E-state index in [0.717, 1.165) is 26.2 Å². The largest absolute Gasteiger partial charge is 0.369 e. The first-order chi connectivity index (χ1) is 27.4. The zero-order valence-electron chi connectivity index (χ0n) is 34.7. The molecule has 1 N–H and O–H groups in total. The van der Waals surface area contributed by atoms with Crippen molar-refractivity contribution >= 4 is 311 Å². The van der Waals surface area contributed by atoms with Gasteiger partial charge in [-0.1, -0.05) is 6.07 Å². The lowest BCUT2D eigenvalue weighted by atomic mass is 8.26. The summed E-state index contributed by atoms with van der Waals surface area (Å²) in [5.41, 5.74) is 4.35. The third-order valence-electron chi connectivity index (χ3n) is 12.4. The van der Waals surface area contributed by atoms with E-state index in [1.54, 1.807) is 0 Å². The Morgan fingerprint density at radius 3 is 1.05 bits per heavy atom. The number of hydrogen-bond acceptors (Lipinski definition) is 3. The first kappa shape index (κ1) is 56.9. The van der Waals surface area contributed by atoms with Gasteiger partial charge in [0.25, 0.3) is 0 Å². The minimum atomic E-state index is -1.24. The van der Waals surface area contributed by atoms with E-state index >= 15 is 0 Å². The lowest BCUT2D eigenvalue weighted by molar-refractivity contribution is 0.313. The molecule has 0 bridgehead atoms. The van der Waals surface area contributed by atoms with Crippen LogP contribution in [0.2, 0.25) is 0 Å². The van der Waals surface area contributed by atoms with Crippen molar-refractivity contribution in [3.8, 4) is 0 Å². The topological polar surface area (TPSA) is 18.5 Å². The summed E-state index contributed by atoms with van der Waals surface area (Å²) in [5.74, 6) is 0. The monoisotopic (exact) mass is 691 g/mol. The second-order valence-corrected chi connectivity index (χ2v) is 16.6. The molecule has 2 aliphatic heterocycles. The van der Waals surface area contributed by atoms with Crippen molar-refractivity contribution in [1.29, 1.82) is 0 Å². The molecule has 1 fully saturated rings. The van der Waals surface area contributed by atoms with Crippen LogP contribution in [0.3, 0.4) is 0 Å². The van der Waals surface area contributed by atoms with Crippen molar-refractivity contribution < 1.29 is 0 Å². The predicted octanol–water partition coefficient (Wildman–Crippen LogP) is -15.3. The van der Waals surface area contributed by atoms with E-state index in [1.165, 1.54) is 37.0 Å². The highest BCUT2D eigenvalue weighted by atomic mass is 15.2. The van der Waals surface area contributed by atoms with Crippen molar-refractivity contribution in [3.63, 3.8) is 0 Å². The SMILES string of the molecule is CN1CCN(c2ccc3c(c2)CNC3)CC1.[B][B]B([B])B(B(B([B])[B])B([B])[B])B(B(B(B([B])[B])B([B])[B])B(B([B])[B])B([B])[B])B(B(B([B])[B])B([B])[B])B(B([B])[B])B([B])[B]. The van der Waals surface area contributed by atoms with Gasteiger partial charge in [0.15, 0.2) is 0 Å². The van der Waals surface area contributed by atoms with Crippen LogP contribution in [-0.2, 0) is 13.1 Å². The van der Waals surface area contributed by atoms with Gasteiger partial charge in [-0.3, -0.25) is 0 Å². The Bertz CT molecular complexity index is 1200. The van der Waals surface area contributed by atoms with Gasteiger partial charge in [-0.2, -0.15) is 0 Å². The van der Waals surface area contributed by atoms with E-state index in [4.69, 9.17) is 170 Å². The molecule has 0 amide bonds. The van der Waals surface area contributed by atoms with Gasteiger partial charge < -0.3 is 15.1 Å². The maximum absolute atomic E-state index is 6.68. The zero-order chi connectivity index (χ0) is 45.2. The van der Waals surface area contributed by atoms with Gasteiger partial charge >= 0.3 is 0 Å². The first-order valence-corrected chi connectivity index (χ1v) is 20.1.